The van der Waals surface area contributed by atoms with Crippen LogP contribution in [0.1, 0.15) is 31.3 Å². The molecule has 0 aliphatic heterocycles. The Kier molecular flexibility index (Phi) is 7.64. The maximum absolute atomic E-state index is 12.3. The molecule has 0 radical (unpaired) electrons. The zero-order valence-electron chi connectivity index (χ0n) is 16.9. The molecule has 0 aliphatic rings. The minimum atomic E-state index is -0.383. The van der Waals surface area contributed by atoms with Crippen LogP contribution in [0.25, 0.3) is 0 Å². The summed E-state index contributed by atoms with van der Waals surface area (Å²) in [6.45, 7) is 6.49. The lowest BCUT2D eigenvalue weighted by molar-refractivity contribution is -0.113. The highest BCUT2D eigenvalue weighted by molar-refractivity contribution is 7.99. The van der Waals surface area contributed by atoms with Crippen LogP contribution in [0.15, 0.2) is 47.6 Å². The van der Waals surface area contributed by atoms with Crippen LogP contribution in [0, 0.1) is 6.92 Å². The van der Waals surface area contributed by atoms with E-state index in [2.05, 4.69) is 15.5 Å². The van der Waals surface area contributed by atoms with E-state index in [0.29, 0.717) is 33.3 Å². The number of nitrogens with zero attached hydrogens (tertiary/aromatic N) is 3. The van der Waals surface area contributed by atoms with Gasteiger partial charge in [0, 0.05) is 17.3 Å². The number of hydrogen-bond acceptors (Lipinski definition) is 5. The normalized spacial score (nSPS) is 11.9. The molecule has 158 valence electrons. The van der Waals surface area contributed by atoms with E-state index in [1.54, 1.807) is 18.2 Å². The predicted octanol–water partition coefficient (Wildman–Crippen LogP) is 5.78. The summed E-state index contributed by atoms with van der Waals surface area (Å²) in [6.07, 6.45) is -0.383. The minimum absolute atomic E-state index is 0.102. The van der Waals surface area contributed by atoms with Crippen molar-refractivity contribution in [2.24, 2.45) is 0 Å². The molecule has 30 heavy (non-hydrogen) atoms. The number of nitrogens with one attached hydrogen (secondary N) is 1. The SMILES string of the molecule is CCn1c(SCC(=O)Nc2cccc(C)c2)nnc1C(C)Oc1ccc(Cl)cc1Cl. The third-order valence-corrected chi connectivity index (χ3v) is 5.75. The monoisotopic (exact) mass is 464 g/mol. The zero-order chi connectivity index (χ0) is 21.7. The van der Waals surface area contributed by atoms with Gasteiger partial charge in [-0.25, -0.2) is 0 Å². The van der Waals surface area contributed by atoms with Crippen LogP contribution in [0.3, 0.4) is 0 Å². The highest BCUT2D eigenvalue weighted by Crippen LogP contribution is 2.31. The van der Waals surface area contributed by atoms with E-state index in [1.807, 2.05) is 49.6 Å². The second-order valence-corrected chi connectivity index (χ2v) is 8.41. The summed E-state index contributed by atoms with van der Waals surface area (Å²) >= 11 is 13.5. The summed E-state index contributed by atoms with van der Waals surface area (Å²) in [6, 6.07) is 12.7. The lowest BCUT2D eigenvalue weighted by Crippen LogP contribution is -2.15. The standard InChI is InChI=1S/C21H22Cl2N4O2S/c1-4-27-20(14(3)29-18-9-8-15(22)11-17(18)23)25-26-21(27)30-12-19(28)24-16-7-5-6-13(2)10-16/h5-11,14H,4,12H2,1-3H3,(H,24,28). The molecular formula is C21H22Cl2N4O2S. The second-order valence-electron chi connectivity index (χ2n) is 6.63. The fraction of sp³-hybridized carbons (Fsp3) is 0.286. The molecule has 0 aliphatic carbocycles. The van der Waals surface area contributed by atoms with Crippen molar-refractivity contribution in [1.82, 2.24) is 14.8 Å². The summed E-state index contributed by atoms with van der Waals surface area (Å²) in [5, 5.41) is 13.0. The molecule has 2 aromatic carbocycles. The van der Waals surface area contributed by atoms with Crippen molar-refractivity contribution in [3.63, 3.8) is 0 Å². The Morgan fingerprint density at radius 3 is 2.73 bits per heavy atom. The highest BCUT2D eigenvalue weighted by atomic mass is 35.5. The van der Waals surface area contributed by atoms with Crippen molar-refractivity contribution in [2.75, 3.05) is 11.1 Å². The van der Waals surface area contributed by atoms with Gasteiger partial charge in [-0.1, -0.05) is 47.1 Å². The van der Waals surface area contributed by atoms with Crippen LogP contribution in [-0.4, -0.2) is 26.4 Å². The van der Waals surface area contributed by atoms with E-state index in [0.717, 1.165) is 11.3 Å². The van der Waals surface area contributed by atoms with Gasteiger partial charge in [0.25, 0.3) is 0 Å². The molecule has 3 aromatic rings. The Morgan fingerprint density at radius 1 is 1.23 bits per heavy atom. The molecule has 1 amide bonds. The van der Waals surface area contributed by atoms with Crippen LogP contribution < -0.4 is 10.1 Å². The van der Waals surface area contributed by atoms with Crippen molar-refractivity contribution in [3.8, 4) is 5.75 Å². The van der Waals surface area contributed by atoms with Gasteiger partial charge in [0.1, 0.15) is 5.75 Å². The number of aryl methyl sites for hydroxylation is 1. The number of amides is 1. The van der Waals surface area contributed by atoms with Gasteiger partial charge in [0.2, 0.25) is 5.91 Å². The van der Waals surface area contributed by atoms with Crippen LogP contribution in [0.2, 0.25) is 10.0 Å². The third kappa shape index (κ3) is 5.68. The lowest BCUT2D eigenvalue weighted by atomic mass is 10.2. The average molecular weight is 465 g/mol. The van der Waals surface area contributed by atoms with Gasteiger partial charge in [-0.05, 0) is 56.7 Å². The molecule has 6 nitrogen and oxygen atoms in total. The second kappa shape index (κ2) is 10.2. The third-order valence-electron chi connectivity index (χ3n) is 4.26. The number of aromatic nitrogens is 3. The number of thioether (sulfide) groups is 1. The van der Waals surface area contributed by atoms with Crippen molar-refractivity contribution >= 4 is 46.6 Å². The van der Waals surface area contributed by atoms with Gasteiger partial charge < -0.3 is 14.6 Å². The molecular weight excluding hydrogens is 443 g/mol. The highest BCUT2D eigenvalue weighted by Gasteiger charge is 2.20. The van der Waals surface area contributed by atoms with Gasteiger partial charge in [0.05, 0.1) is 10.8 Å². The summed E-state index contributed by atoms with van der Waals surface area (Å²) in [4.78, 5) is 12.3. The van der Waals surface area contributed by atoms with Gasteiger partial charge in [-0.15, -0.1) is 10.2 Å². The zero-order valence-corrected chi connectivity index (χ0v) is 19.2. The molecule has 0 saturated carbocycles. The summed E-state index contributed by atoms with van der Waals surface area (Å²) in [5.41, 5.74) is 1.87. The maximum Gasteiger partial charge on any atom is 0.234 e. The van der Waals surface area contributed by atoms with E-state index in [9.17, 15) is 4.79 Å². The molecule has 0 spiro atoms. The molecule has 1 heterocycles. The molecule has 1 aromatic heterocycles. The molecule has 1 unspecified atom stereocenters. The van der Waals surface area contributed by atoms with Gasteiger partial charge in [-0.3, -0.25) is 4.79 Å². The Balaban J connectivity index is 1.65. The Labute approximate surface area is 189 Å². The number of ether oxygens (including phenoxy) is 1. The summed E-state index contributed by atoms with van der Waals surface area (Å²) in [5.74, 6) is 1.30. The Hall–Kier alpha value is -2.22. The number of rotatable bonds is 8. The van der Waals surface area contributed by atoms with Crippen LogP contribution in [0.4, 0.5) is 5.69 Å². The van der Waals surface area contributed by atoms with Crippen LogP contribution in [-0.2, 0) is 11.3 Å². The number of hydrogen-bond donors (Lipinski definition) is 1. The van der Waals surface area contributed by atoms with Crippen molar-refractivity contribution in [1.29, 1.82) is 0 Å². The summed E-state index contributed by atoms with van der Waals surface area (Å²) in [7, 11) is 0. The largest absolute Gasteiger partial charge is 0.481 e. The van der Waals surface area contributed by atoms with Gasteiger partial charge in [0.15, 0.2) is 17.1 Å². The maximum atomic E-state index is 12.3. The van der Waals surface area contributed by atoms with Crippen molar-refractivity contribution in [2.45, 2.75) is 38.6 Å². The molecule has 0 fully saturated rings. The number of halogens is 2. The topological polar surface area (TPSA) is 69.0 Å². The van der Waals surface area contributed by atoms with E-state index < -0.39 is 0 Å². The molecule has 3 rings (SSSR count). The van der Waals surface area contributed by atoms with E-state index in [-0.39, 0.29) is 17.8 Å². The first-order valence-corrected chi connectivity index (χ1v) is 11.2. The fourth-order valence-electron chi connectivity index (χ4n) is 2.87. The molecule has 0 saturated heterocycles. The number of anilines is 1. The number of carbonyl (C=O) groups excluding carboxylic acids is 1. The van der Waals surface area contributed by atoms with Crippen LogP contribution in [0.5, 0.6) is 5.75 Å². The first-order chi connectivity index (χ1) is 14.4. The lowest BCUT2D eigenvalue weighted by Gasteiger charge is -2.16. The van der Waals surface area contributed by atoms with E-state index in [4.69, 9.17) is 27.9 Å². The first kappa shape index (κ1) is 22.5. The minimum Gasteiger partial charge on any atom is -0.481 e. The first-order valence-electron chi connectivity index (χ1n) is 9.41. The fourth-order valence-corrected chi connectivity index (χ4v) is 4.13. The molecule has 1 N–H and O–H groups in total. The predicted molar refractivity (Wildman–Crippen MR) is 122 cm³/mol. The smallest absolute Gasteiger partial charge is 0.234 e. The summed E-state index contributed by atoms with van der Waals surface area (Å²) < 4.78 is 7.88. The molecule has 9 heteroatoms. The average Bonchev–Trinajstić information content (AvgIpc) is 3.11. The van der Waals surface area contributed by atoms with Crippen LogP contribution >= 0.6 is 35.0 Å². The molecule has 0 bridgehead atoms. The van der Waals surface area contributed by atoms with E-state index in [1.165, 1.54) is 11.8 Å². The Morgan fingerprint density at radius 2 is 2.03 bits per heavy atom. The quantitative estimate of drug-likeness (QED) is 0.427. The van der Waals surface area contributed by atoms with E-state index >= 15 is 0 Å². The number of benzene rings is 2. The van der Waals surface area contributed by atoms with Gasteiger partial charge in [-0.2, -0.15) is 0 Å². The number of carbonyl (C=O) groups is 1. The van der Waals surface area contributed by atoms with Gasteiger partial charge >= 0.3 is 0 Å². The Bertz CT molecular complexity index is 1040. The van der Waals surface area contributed by atoms with Crippen molar-refractivity contribution < 1.29 is 9.53 Å². The van der Waals surface area contributed by atoms with Crippen molar-refractivity contribution in [3.05, 3.63) is 63.9 Å². The molecule has 1 atom stereocenters.